The van der Waals surface area contributed by atoms with Gasteiger partial charge in [0.25, 0.3) is 0 Å². The lowest BCUT2D eigenvalue weighted by Gasteiger charge is -2.28. The zero-order valence-electron chi connectivity index (χ0n) is 23.2. The van der Waals surface area contributed by atoms with E-state index in [0.29, 0.717) is 6.04 Å². The molecule has 1 aliphatic carbocycles. The van der Waals surface area contributed by atoms with Gasteiger partial charge in [0.05, 0.1) is 11.4 Å². The summed E-state index contributed by atoms with van der Waals surface area (Å²) in [5, 5.41) is 3.69. The lowest BCUT2D eigenvalue weighted by atomic mass is 9.87. The molecule has 3 N–H and O–H groups in total. The number of rotatable bonds is 8. The lowest BCUT2D eigenvalue weighted by Crippen LogP contribution is -2.25. The maximum absolute atomic E-state index is 6.53. The van der Waals surface area contributed by atoms with E-state index < -0.39 is 0 Å². The fourth-order valence-corrected chi connectivity index (χ4v) is 5.14. The van der Waals surface area contributed by atoms with Crippen LogP contribution in [0.1, 0.15) is 82.6 Å². The first-order chi connectivity index (χ1) is 17.1. The quantitative estimate of drug-likeness (QED) is 0.291. The molecule has 0 bridgehead atoms. The molecule has 1 fully saturated rings. The summed E-state index contributed by atoms with van der Waals surface area (Å²) in [4.78, 5) is 0. The first-order valence-corrected chi connectivity index (χ1v) is 13.2. The molecule has 36 heavy (non-hydrogen) atoms. The summed E-state index contributed by atoms with van der Waals surface area (Å²) in [6.07, 6.45) is 11.2. The van der Waals surface area contributed by atoms with Gasteiger partial charge >= 0.3 is 0 Å². The van der Waals surface area contributed by atoms with Gasteiger partial charge in [-0.1, -0.05) is 68.1 Å². The number of benzene rings is 2. The molecule has 0 spiro atoms. The number of nitrogens with one attached hydrogen (secondary N) is 1. The molecule has 1 aliphatic rings. The molecule has 1 saturated carbocycles. The Hall–Kier alpha value is -3.26. The third kappa shape index (κ3) is 6.69. The molecular formula is C34H44N2. The Bertz CT molecular complexity index is 1210. The summed E-state index contributed by atoms with van der Waals surface area (Å²) < 4.78 is 0. The predicted molar refractivity (Wildman–Crippen MR) is 162 cm³/mol. The molecule has 2 heteroatoms. The van der Waals surface area contributed by atoms with Crippen molar-refractivity contribution in [3.63, 3.8) is 0 Å². The molecule has 190 valence electrons. The van der Waals surface area contributed by atoms with E-state index in [9.17, 15) is 0 Å². The molecular weight excluding hydrogens is 436 g/mol. The van der Waals surface area contributed by atoms with Crippen molar-refractivity contribution in [2.45, 2.75) is 73.3 Å². The number of anilines is 2. The van der Waals surface area contributed by atoms with E-state index in [1.165, 1.54) is 59.1 Å². The van der Waals surface area contributed by atoms with Crippen molar-refractivity contribution in [2.75, 3.05) is 11.1 Å². The number of nitrogen functional groups attached to an aromatic ring is 1. The van der Waals surface area contributed by atoms with Crippen LogP contribution in [0, 0.1) is 12.8 Å². The van der Waals surface area contributed by atoms with Crippen molar-refractivity contribution in [3.05, 3.63) is 101 Å². The normalized spacial score (nSPS) is 19.5. The monoisotopic (exact) mass is 480 g/mol. The standard InChI is InChI=1S/C34H44N2/c1-9-10-32(29-14-18-34(33(35)21-29)36-30-15-11-23(4)12-16-30)27(8)24(5)19-25(6)31-17-13-28(22(2)3)20-26(31)7/h9-10,13-14,17-21,23,30,36H,1-2,11-12,15-16,35H2,3-8H3/b25-19+,27-24+,32-10+. The van der Waals surface area contributed by atoms with Crippen LogP contribution in [-0.2, 0) is 0 Å². The highest BCUT2D eigenvalue weighted by Crippen LogP contribution is 2.33. The van der Waals surface area contributed by atoms with Gasteiger partial charge < -0.3 is 11.1 Å². The molecule has 0 saturated heterocycles. The molecule has 0 aliphatic heterocycles. The third-order valence-corrected chi connectivity index (χ3v) is 7.60. The summed E-state index contributed by atoms with van der Waals surface area (Å²) in [7, 11) is 0. The Kier molecular flexibility index (Phi) is 9.20. The molecule has 3 rings (SSSR count). The van der Waals surface area contributed by atoms with E-state index >= 15 is 0 Å². The number of hydrogen-bond acceptors (Lipinski definition) is 2. The largest absolute Gasteiger partial charge is 0.397 e. The number of nitrogens with two attached hydrogens (primary N) is 1. The SMILES string of the molecule is C=C\C=C(/C(C)=C(C)/C=C(\C)c1ccc(C(=C)C)cc1C)c1ccc(NC2CCC(C)CC2)c(N)c1. The minimum Gasteiger partial charge on any atom is -0.397 e. The Morgan fingerprint density at radius 3 is 2.22 bits per heavy atom. The zero-order valence-corrected chi connectivity index (χ0v) is 23.2. The first kappa shape index (κ1) is 27.3. The van der Waals surface area contributed by atoms with Gasteiger partial charge in [0.15, 0.2) is 0 Å². The van der Waals surface area contributed by atoms with E-state index in [1.807, 2.05) is 13.0 Å². The molecule has 0 aromatic heterocycles. The minimum atomic E-state index is 0.516. The van der Waals surface area contributed by atoms with Gasteiger partial charge in [-0.3, -0.25) is 0 Å². The molecule has 0 radical (unpaired) electrons. The molecule has 0 heterocycles. The Morgan fingerprint density at radius 2 is 1.64 bits per heavy atom. The van der Waals surface area contributed by atoms with E-state index in [2.05, 4.69) is 102 Å². The van der Waals surface area contributed by atoms with Crippen molar-refractivity contribution in [2.24, 2.45) is 5.92 Å². The summed E-state index contributed by atoms with van der Waals surface area (Å²) in [6.45, 7) is 21.1. The van der Waals surface area contributed by atoms with E-state index in [4.69, 9.17) is 5.73 Å². The van der Waals surface area contributed by atoms with Gasteiger partial charge in [-0.2, -0.15) is 0 Å². The second kappa shape index (κ2) is 12.1. The minimum absolute atomic E-state index is 0.516. The predicted octanol–water partition coefficient (Wildman–Crippen LogP) is 9.61. The molecule has 0 atom stereocenters. The highest BCUT2D eigenvalue weighted by atomic mass is 14.9. The van der Waals surface area contributed by atoms with Crippen LogP contribution in [0.2, 0.25) is 0 Å². The highest BCUT2D eigenvalue weighted by Gasteiger charge is 2.19. The smallest absolute Gasteiger partial charge is 0.0576 e. The van der Waals surface area contributed by atoms with Gasteiger partial charge in [0.2, 0.25) is 0 Å². The van der Waals surface area contributed by atoms with Crippen LogP contribution in [0.5, 0.6) is 0 Å². The van der Waals surface area contributed by atoms with Crippen molar-refractivity contribution >= 4 is 28.1 Å². The fourth-order valence-electron chi connectivity index (χ4n) is 5.14. The van der Waals surface area contributed by atoms with Crippen LogP contribution < -0.4 is 11.1 Å². The maximum Gasteiger partial charge on any atom is 0.0576 e. The van der Waals surface area contributed by atoms with Crippen LogP contribution in [0.25, 0.3) is 16.7 Å². The van der Waals surface area contributed by atoms with Gasteiger partial charge in [-0.05, 0) is 123 Å². The Balaban J connectivity index is 1.87. The highest BCUT2D eigenvalue weighted by molar-refractivity contribution is 5.85. The fraction of sp³-hybridized carbons (Fsp3) is 0.353. The lowest BCUT2D eigenvalue weighted by molar-refractivity contribution is 0.361. The van der Waals surface area contributed by atoms with Crippen molar-refractivity contribution < 1.29 is 0 Å². The van der Waals surface area contributed by atoms with E-state index in [-0.39, 0.29) is 0 Å². The van der Waals surface area contributed by atoms with Gasteiger partial charge in [-0.15, -0.1) is 0 Å². The second-order valence-corrected chi connectivity index (χ2v) is 10.7. The van der Waals surface area contributed by atoms with Crippen LogP contribution in [0.3, 0.4) is 0 Å². The maximum atomic E-state index is 6.53. The number of allylic oxidation sites excluding steroid dienone is 8. The van der Waals surface area contributed by atoms with Crippen molar-refractivity contribution in [1.29, 1.82) is 0 Å². The summed E-state index contributed by atoms with van der Waals surface area (Å²) in [6, 6.07) is 13.5. The molecule has 2 aromatic carbocycles. The second-order valence-electron chi connectivity index (χ2n) is 10.7. The van der Waals surface area contributed by atoms with Gasteiger partial charge in [-0.25, -0.2) is 0 Å². The topological polar surface area (TPSA) is 38.0 Å². The van der Waals surface area contributed by atoms with Crippen LogP contribution in [0.15, 0.2) is 78.9 Å². The van der Waals surface area contributed by atoms with Crippen LogP contribution >= 0.6 is 0 Å². The van der Waals surface area contributed by atoms with Crippen LogP contribution in [0.4, 0.5) is 11.4 Å². The molecule has 2 aromatic rings. The average Bonchev–Trinajstić information content (AvgIpc) is 2.84. The molecule has 0 unspecified atom stereocenters. The summed E-state index contributed by atoms with van der Waals surface area (Å²) >= 11 is 0. The number of hydrogen-bond donors (Lipinski definition) is 2. The zero-order chi connectivity index (χ0) is 26.4. The number of aryl methyl sites for hydroxylation is 1. The van der Waals surface area contributed by atoms with Crippen molar-refractivity contribution in [1.82, 2.24) is 0 Å². The van der Waals surface area contributed by atoms with Crippen LogP contribution in [-0.4, -0.2) is 6.04 Å². The van der Waals surface area contributed by atoms with E-state index in [1.54, 1.807) is 0 Å². The summed E-state index contributed by atoms with van der Waals surface area (Å²) in [5.41, 5.74) is 19.1. The van der Waals surface area contributed by atoms with Crippen molar-refractivity contribution in [3.8, 4) is 0 Å². The van der Waals surface area contributed by atoms with Gasteiger partial charge in [0, 0.05) is 6.04 Å². The third-order valence-electron chi connectivity index (χ3n) is 7.60. The Labute approximate surface area is 219 Å². The molecule has 0 amide bonds. The molecule has 2 nitrogen and oxygen atoms in total. The summed E-state index contributed by atoms with van der Waals surface area (Å²) in [5.74, 6) is 0.838. The Morgan fingerprint density at radius 1 is 0.972 bits per heavy atom. The average molecular weight is 481 g/mol. The van der Waals surface area contributed by atoms with E-state index in [0.717, 1.165) is 34.0 Å². The van der Waals surface area contributed by atoms with Gasteiger partial charge in [0.1, 0.15) is 0 Å². The first-order valence-electron chi connectivity index (χ1n) is 13.2.